The van der Waals surface area contributed by atoms with Crippen LogP contribution >= 0.6 is 11.6 Å². The lowest BCUT2D eigenvalue weighted by molar-refractivity contribution is 0.0698. The Balaban J connectivity index is 2.16. The number of halogens is 1. The number of nitrogens with zero attached hydrogens (tertiary/aromatic N) is 1. The van der Waals surface area contributed by atoms with Crippen LogP contribution < -0.4 is 5.43 Å². The summed E-state index contributed by atoms with van der Waals surface area (Å²) < 4.78 is 0. The molecule has 5 heteroatoms. The van der Waals surface area contributed by atoms with Crippen molar-refractivity contribution >= 4 is 29.5 Å². The molecule has 0 aliphatic heterocycles. The highest BCUT2D eigenvalue weighted by Crippen LogP contribution is 2.20. The Bertz CT molecular complexity index is 612. The Morgan fingerprint density at radius 2 is 1.95 bits per heavy atom. The SMILES string of the molecule is O=C(O)c1cc(Cl)ccc1N/N=C/c1ccccc1. The predicted molar refractivity (Wildman–Crippen MR) is 76.1 cm³/mol. The molecule has 0 amide bonds. The number of anilines is 1. The zero-order chi connectivity index (χ0) is 13.7. The van der Waals surface area contributed by atoms with E-state index in [0.717, 1.165) is 5.56 Å². The molecular formula is C14H11ClN2O2. The Labute approximate surface area is 115 Å². The van der Waals surface area contributed by atoms with Crippen LogP contribution in [-0.4, -0.2) is 17.3 Å². The summed E-state index contributed by atoms with van der Waals surface area (Å²) in [5.41, 5.74) is 4.09. The average molecular weight is 275 g/mol. The summed E-state index contributed by atoms with van der Waals surface area (Å²) in [6.07, 6.45) is 1.61. The third-order valence-electron chi connectivity index (χ3n) is 2.41. The highest BCUT2D eigenvalue weighted by Gasteiger charge is 2.09. The number of hydrazone groups is 1. The second-order valence-electron chi connectivity index (χ2n) is 3.78. The van der Waals surface area contributed by atoms with Gasteiger partial charge in [-0.15, -0.1) is 0 Å². The molecule has 0 bridgehead atoms. The van der Waals surface area contributed by atoms with Crippen molar-refractivity contribution in [3.63, 3.8) is 0 Å². The first-order chi connectivity index (χ1) is 9.16. The maximum Gasteiger partial charge on any atom is 0.337 e. The van der Waals surface area contributed by atoms with Crippen LogP contribution in [0.5, 0.6) is 0 Å². The summed E-state index contributed by atoms with van der Waals surface area (Å²) in [5, 5.41) is 13.4. The van der Waals surface area contributed by atoms with Gasteiger partial charge in [0.2, 0.25) is 0 Å². The number of carbonyl (C=O) groups is 1. The first-order valence-electron chi connectivity index (χ1n) is 5.54. The largest absolute Gasteiger partial charge is 0.478 e. The van der Waals surface area contributed by atoms with E-state index in [2.05, 4.69) is 10.5 Å². The quantitative estimate of drug-likeness (QED) is 0.663. The first kappa shape index (κ1) is 13.1. The summed E-state index contributed by atoms with van der Waals surface area (Å²) in [6.45, 7) is 0. The molecule has 0 unspecified atom stereocenters. The standard InChI is InChI=1S/C14H11ClN2O2/c15-11-6-7-13(12(8-11)14(18)19)17-16-9-10-4-2-1-3-5-10/h1-9,17H,(H,18,19)/b16-9+. The number of hydrogen-bond acceptors (Lipinski definition) is 3. The van der Waals surface area contributed by atoms with Crippen molar-refractivity contribution in [1.82, 2.24) is 0 Å². The van der Waals surface area contributed by atoms with Gasteiger partial charge in [-0.05, 0) is 23.8 Å². The van der Waals surface area contributed by atoms with Crippen LogP contribution in [0, 0.1) is 0 Å². The van der Waals surface area contributed by atoms with Gasteiger partial charge in [0.1, 0.15) is 0 Å². The molecule has 0 aliphatic rings. The van der Waals surface area contributed by atoms with Gasteiger partial charge in [-0.25, -0.2) is 4.79 Å². The summed E-state index contributed by atoms with van der Waals surface area (Å²) >= 11 is 5.76. The molecule has 0 aliphatic carbocycles. The minimum atomic E-state index is -1.06. The van der Waals surface area contributed by atoms with E-state index in [1.165, 1.54) is 6.07 Å². The van der Waals surface area contributed by atoms with Crippen molar-refractivity contribution in [3.8, 4) is 0 Å². The number of rotatable bonds is 4. The van der Waals surface area contributed by atoms with Gasteiger partial charge in [0.05, 0.1) is 17.5 Å². The maximum absolute atomic E-state index is 11.1. The van der Waals surface area contributed by atoms with Gasteiger partial charge in [0.15, 0.2) is 0 Å². The van der Waals surface area contributed by atoms with Crippen LogP contribution in [0.1, 0.15) is 15.9 Å². The Morgan fingerprint density at radius 3 is 2.63 bits per heavy atom. The molecular weight excluding hydrogens is 264 g/mol. The molecule has 4 nitrogen and oxygen atoms in total. The molecule has 0 atom stereocenters. The molecule has 0 heterocycles. The Hall–Kier alpha value is -2.33. The number of carboxylic acid groups (broad SMARTS) is 1. The molecule has 0 radical (unpaired) electrons. The zero-order valence-corrected chi connectivity index (χ0v) is 10.6. The summed E-state index contributed by atoms with van der Waals surface area (Å²) in [7, 11) is 0. The van der Waals surface area contributed by atoms with E-state index in [-0.39, 0.29) is 5.56 Å². The van der Waals surface area contributed by atoms with Crippen molar-refractivity contribution in [3.05, 3.63) is 64.7 Å². The Kier molecular flexibility index (Phi) is 4.15. The predicted octanol–water partition coefficient (Wildman–Crippen LogP) is 3.48. The minimum Gasteiger partial charge on any atom is -0.478 e. The Morgan fingerprint density at radius 1 is 1.21 bits per heavy atom. The third-order valence-corrected chi connectivity index (χ3v) is 2.65. The van der Waals surface area contributed by atoms with Crippen molar-refractivity contribution < 1.29 is 9.90 Å². The lowest BCUT2D eigenvalue weighted by Crippen LogP contribution is -2.02. The number of hydrogen-bond donors (Lipinski definition) is 2. The van der Waals surface area contributed by atoms with Gasteiger partial charge in [0.25, 0.3) is 0 Å². The van der Waals surface area contributed by atoms with E-state index in [4.69, 9.17) is 16.7 Å². The number of nitrogens with one attached hydrogen (secondary N) is 1. The molecule has 2 aromatic rings. The maximum atomic E-state index is 11.1. The number of carboxylic acids is 1. The smallest absolute Gasteiger partial charge is 0.337 e. The van der Waals surface area contributed by atoms with E-state index < -0.39 is 5.97 Å². The van der Waals surface area contributed by atoms with Crippen molar-refractivity contribution in [1.29, 1.82) is 0 Å². The normalized spacial score (nSPS) is 10.6. The summed E-state index contributed by atoms with van der Waals surface area (Å²) in [5.74, 6) is -1.06. The van der Waals surface area contributed by atoms with Gasteiger partial charge >= 0.3 is 5.97 Å². The zero-order valence-electron chi connectivity index (χ0n) is 9.88. The highest BCUT2D eigenvalue weighted by atomic mass is 35.5. The van der Waals surface area contributed by atoms with Crippen LogP contribution in [0.3, 0.4) is 0 Å². The van der Waals surface area contributed by atoms with Crippen molar-refractivity contribution in [2.45, 2.75) is 0 Å². The van der Waals surface area contributed by atoms with Crippen LogP contribution in [0.25, 0.3) is 0 Å². The molecule has 2 aromatic carbocycles. The third kappa shape index (κ3) is 3.56. The van der Waals surface area contributed by atoms with Crippen molar-refractivity contribution in [2.24, 2.45) is 5.10 Å². The number of benzene rings is 2. The topological polar surface area (TPSA) is 61.7 Å². The van der Waals surface area contributed by atoms with Crippen LogP contribution in [0.15, 0.2) is 53.6 Å². The fourth-order valence-electron chi connectivity index (χ4n) is 1.51. The van der Waals surface area contributed by atoms with E-state index >= 15 is 0 Å². The average Bonchev–Trinajstić information content (AvgIpc) is 2.41. The monoisotopic (exact) mass is 274 g/mol. The van der Waals surface area contributed by atoms with Gasteiger partial charge in [-0.2, -0.15) is 5.10 Å². The van der Waals surface area contributed by atoms with E-state index in [0.29, 0.717) is 10.7 Å². The fraction of sp³-hybridized carbons (Fsp3) is 0. The lowest BCUT2D eigenvalue weighted by Gasteiger charge is -2.05. The molecule has 0 spiro atoms. The van der Waals surface area contributed by atoms with E-state index in [1.54, 1.807) is 18.3 Å². The van der Waals surface area contributed by atoms with Crippen LogP contribution in [0.2, 0.25) is 5.02 Å². The van der Waals surface area contributed by atoms with Crippen LogP contribution in [-0.2, 0) is 0 Å². The number of aromatic carboxylic acids is 1. The van der Waals surface area contributed by atoms with Crippen molar-refractivity contribution in [2.75, 3.05) is 5.43 Å². The molecule has 2 N–H and O–H groups in total. The summed E-state index contributed by atoms with van der Waals surface area (Å²) in [6, 6.07) is 14.0. The van der Waals surface area contributed by atoms with E-state index in [9.17, 15) is 4.79 Å². The van der Waals surface area contributed by atoms with Gasteiger partial charge in [0, 0.05) is 5.02 Å². The summed E-state index contributed by atoms with van der Waals surface area (Å²) in [4.78, 5) is 11.1. The van der Waals surface area contributed by atoms with Crippen LogP contribution in [0.4, 0.5) is 5.69 Å². The minimum absolute atomic E-state index is 0.0812. The molecule has 0 aromatic heterocycles. The highest BCUT2D eigenvalue weighted by molar-refractivity contribution is 6.31. The molecule has 96 valence electrons. The second-order valence-corrected chi connectivity index (χ2v) is 4.21. The first-order valence-corrected chi connectivity index (χ1v) is 5.91. The molecule has 2 rings (SSSR count). The molecule has 19 heavy (non-hydrogen) atoms. The molecule has 0 fully saturated rings. The lowest BCUT2D eigenvalue weighted by atomic mass is 10.2. The van der Waals surface area contributed by atoms with Gasteiger partial charge < -0.3 is 5.11 Å². The van der Waals surface area contributed by atoms with Gasteiger partial charge in [-0.3, -0.25) is 5.43 Å². The second kappa shape index (κ2) is 6.02. The fourth-order valence-corrected chi connectivity index (χ4v) is 1.68. The van der Waals surface area contributed by atoms with E-state index in [1.807, 2.05) is 30.3 Å². The van der Waals surface area contributed by atoms with Gasteiger partial charge in [-0.1, -0.05) is 41.9 Å². The molecule has 0 saturated carbocycles. The molecule has 0 saturated heterocycles.